The predicted molar refractivity (Wildman–Crippen MR) is 37.4 cm³/mol. The van der Waals surface area contributed by atoms with E-state index in [4.69, 9.17) is 5.73 Å². The first-order valence-electron chi connectivity index (χ1n) is 2.96. The van der Waals surface area contributed by atoms with Gasteiger partial charge in [0, 0.05) is 0 Å². The fraction of sp³-hybridized carbons (Fsp3) is 0.333. The summed E-state index contributed by atoms with van der Waals surface area (Å²) < 4.78 is 0. The van der Waals surface area contributed by atoms with Crippen LogP contribution in [0, 0.1) is 0 Å². The summed E-state index contributed by atoms with van der Waals surface area (Å²) in [6, 6.07) is -0.489. The van der Waals surface area contributed by atoms with Crippen LogP contribution in [-0.4, -0.2) is 17.5 Å². The van der Waals surface area contributed by atoms with Crippen molar-refractivity contribution in [2.24, 2.45) is 10.8 Å². The number of nitrogens with zero attached hydrogens (tertiary/aromatic N) is 2. The quantitative estimate of drug-likeness (QED) is 0.553. The Morgan fingerprint density at radius 2 is 2.50 bits per heavy atom. The second-order valence-corrected chi connectivity index (χ2v) is 2.07. The number of nitrogens with two attached hydrogens (primary N) is 1. The number of hydrogen-bond donors (Lipinski definition) is 1. The molecule has 0 amide bonds. The number of Topliss-reactive ketones (excluding diaryl/α,β-unsaturated/α-hetero) is 1. The number of rotatable bonds is 2. The summed E-state index contributed by atoms with van der Waals surface area (Å²) in [4.78, 5) is 11.0. The van der Waals surface area contributed by atoms with Gasteiger partial charge in [-0.15, -0.1) is 5.10 Å². The van der Waals surface area contributed by atoms with E-state index in [0.29, 0.717) is 5.71 Å². The van der Waals surface area contributed by atoms with Crippen LogP contribution in [0.1, 0.15) is 6.92 Å². The number of carbonyl (C=O) groups excluding carboxylic acids is 1. The third kappa shape index (κ3) is 1.22. The fourth-order valence-electron chi connectivity index (χ4n) is 0.597. The summed E-state index contributed by atoms with van der Waals surface area (Å²) in [5.74, 6) is -0.169. The largest absolute Gasteiger partial charge is 0.321 e. The molecule has 0 aromatic heterocycles. The molecule has 0 saturated heterocycles. The number of carbonyl (C=O) groups is 1. The summed E-state index contributed by atoms with van der Waals surface area (Å²) in [5, 5.41) is 3.56. The van der Waals surface area contributed by atoms with E-state index in [2.05, 4.69) is 10.5 Å². The van der Waals surface area contributed by atoms with E-state index in [1.165, 1.54) is 6.20 Å². The van der Waals surface area contributed by atoms with Gasteiger partial charge >= 0.3 is 0 Å². The molecule has 53 valence electrons. The Bertz CT molecular complexity index is 205. The highest BCUT2D eigenvalue weighted by Crippen LogP contribution is 1.93. The minimum Gasteiger partial charge on any atom is -0.321 e. The first-order chi connectivity index (χ1) is 4.72. The summed E-state index contributed by atoms with van der Waals surface area (Å²) in [5.41, 5.74) is 9.15. The zero-order chi connectivity index (χ0) is 7.56. The average Bonchev–Trinajstić information content (AvgIpc) is 2.36. The van der Waals surface area contributed by atoms with Crippen LogP contribution in [0.3, 0.4) is 0 Å². The normalized spacial score (nSPS) is 18.0. The summed E-state index contributed by atoms with van der Waals surface area (Å²) in [6.07, 6.45) is 3.02. The van der Waals surface area contributed by atoms with Crippen LogP contribution in [0.5, 0.6) is 0 Å². The molecule has 4 heteroatoms. The first kappa shape index (κ1) is 6.95. The van der Waals surface area contributed by atoms with Crippen molar-refractivity contribution in [3.63, 3.8) is 0 Å². The monoisotopic (exact) mass is 138 g/mol. The van der Waals surface area contributed by atoms with Gasteiger partial charge in [0.25, 0.3) is 0 Å². The molecule has 1 aliphatic rings. The summed E-state index contributed by atoms with van der Waals surface area (Å²) in [7, 11) is 0. The molecular weight excluding hydrogens is 130 g/mol. The van der Waals surface area contributed by atoms with Crippen LogP contribution in [0.25, 0.3) is 0 Å². The van der Waals surface area contributed by atoms with Gasteiger partial charge in [-0.25, -0.2) is 0 Å². The van der Waals surface area contributed by atoms with Gasteiger partial charge in [-0.2, -0.15) is 5.43 Å². The molecule has 1 heterocycles. The van der Waals surface area contributed by atoms with E-state index < -0.39 is 6.04 Å². The molecule has 1 rings (SSSR count). The fourth-order valence-corrected chi connectivity index (χ4v) is 0.597. The van der Waals surface area contributed by atoms with Crippen molar-refractivity contribution in [3.8, 4) is 0 Å². The second-order valence-electron chi connectivity index (χ2n) is 2.07. The van der Waals surface area contributed by atoms with Gasteiger partial charge in [-0.05, 0) is 13.0 Å². The standard InChI is InChI=1S/C6H8N3O/c1-4(7)6(10)5-2-3-8-9-5/h2-4H,7H2,1H3/t4-/m0/s1. The lowest BCUT2D eigenvalue weighted by molar-refractivity contribution is -0.113. The molecule has 0 spiro atoms. The second kappa shape index (κ2) is 2.62. The van der Waals surface area contributed by atoms with Crippen LogP contribution in [-0.2, 0) is 4.79 Å². The van der Waals surface area contributed by atoms with Crippen molar-refractivity contribution in [1.29, 1.82) is 0 Å². The molecule has 0 aromatic rings. The van der Waals surface area contributed by atoms with E-state index in [1.807, 2.05) is 0 Å². The maximum Gasteiger partial charge on any atom is 0.199 e. The molecule has 1 atom stereocenters. The maximum absolute atomic E-state index is 11.0. The number of allylic oxidation sites excluding steroid dienone is 1. The van der Waals surface area contributed by atoms with Gasteiger partial charge in [0.2, 0.25) is 0 Å². The molecule has 0 unspecified atom stereocenters. The molecule has 0 bridgehead atoms. The molecule has 0 aliphatic carbocycles. The van der Waals surface area contributed by atoms with E-state index >= 15 is 0 Å². The van der Waals surface area contributed by atoms with Crippen molar-refractivity contribution in [2.45, 2.75) is 13.0 Å². The van der Waals surface area contributed by atoms with Gasteiger partial charge < -0.3 is 5.73 Å². The number of ketones is 1. The van der Waals surface area contributed by atoms with Crippen molar-refractivity contribution < 1.29 is 4.79 Å². The SMILES string of the molecule is C[C@H](N)C(=O)C1=N[N]C=C1. The van der Waals surface area contributed by atoms with Crippen molar-refractivity contribution in [1.82, 2.24) is 5.43 Å². The van der Waals surface area contributed by atoms with Gasteiger partial charge in [0.15, 0.2) is 5.78 Å². The smallest absolute Gasteiger partial charge is 0.199 e. The Morgan fingerprint density at radius 3 is 2.90 bits per heavy atom. The first-order valence-corrected chi connectivity index (χ1v) is 2.96. The van der Waals surface area contributed by atoms with Gasteiger partial charge in [-0.1, -0.05) is 0 Å². The van der Waals surface area contributed by atoms with Crippen LogP contribution in [0.4, 0.5) is 0 Å². The van der Waals surface area contributed by atoms with Crippen molar-refractivity contribution in [3.05, 3.63) is 12.3 Å². The van der Waals surface area contributed by atoms with Gasteiger partial charge in [0.05, 0.1) is 12.2 Å². The highest BCUT2D eigenvalue weighted by molar-refractivity contribution is 6.46. The Labute approximate surface area is 58.8 Å². The molecule has 1 aliphatic heterocycles. The molecule has 0 aromatic carbocycles. The lowest BCUT2D eigenvalue weighted by Crippen LogP contribution is -2.31. The summed E-state index contributed by atoms with van der Waals surface area (Å²) in [6.45, 7) is 1.62. The van der Waals surface area contributed by atoms with E-state index in [1.54, 1.807) is 13.0 Å². The van der Waals surface area contributed by atoms with Crippen LogP contribution >= 0.6 is 0 Å². The highest BCUT2D eigenvalue weighted by atomic mass is 16.1. The van der Waals surface area contributed by atoms with Crippen LogP contribution in [0.2, 0.25) is 0 Å². The van der Waals surface area contributed by atoms with E-state index in [9.17, 15) is 4.79 Å². The van der Waals surface area contributed by atoms with Crippen molar-refractivity contribution in [2.75, 3.05) is 0 Å². The number of hydrogen-bond acceptors (Lipinski definition) is 3. The van der Waals surface area contributed by atoms with Crippen molar-refractivity contribution >= 4 is 11.5 Å². The zero-order valence-corrected chi connectivity index (χ0v) is 5.61. The molecular formula is C6H8N3O. The third-order valence-electron chi connectivity index (χ3n) is 1.13. The minimum absolute atomic E-state index is 0.169. The summed E-state index contributed by atoms with van der Waals surface area (Å²) >= 11 is 0. The molecule has 1 radical (unpaired) electrons. The molecule has 4 nitrogen and oxygen atoms in total. The Morgan fingerprint density at radius 1 is 1.80 bits per heavy atom. The molecule has 2 N–H and O–H groups in total. The van der Waals surface area contributed by atoms with E-state index in [-0.39, 0.29) is 5.78 Å². The lowest BCUT2D eigenvalue weighted by Gasteiger charge is -1.98. The molecule has 0 saturated carbocycles. The van der Waals surface area contributed by atoms with E-state index in [0.717, 1.165) is 0 Å². The maximum atomic E-state index is 11.0. The predicted octanol–water partition coefficient (Wildman–Crippen LogP) is -0.610. The zero-order valence-electron chi connectivity index (χ0n) is 5.61. The molecule has 10 heavy (non-hydrogen) atoms. The Kier molecular flexibility index (Phi) is 1.82. The van der Waals surface area contributed by atoms with Gasteiger partial charge in [-0.3, -0.25) is 4.79 Å². The average molecular weight is 138 g/mol. The highest BCUT2D eigenvalue weighted by Gasteiger charge is 2.15. The van der Waals surface area contributed by atoms with Crippen LogP contribution < -0.4 is 11.2 Å². The van der Waals surface area contributed by atoms with Gasteiger partial charge in [0.1, 0.15) is 5.71 Å². The minimum atomic E-state index is -0.489. The molecule has 0 fully saturated rings. The lowest BCUT2D eigenvalue weighted by atomic mass is 10.1. The Balaban J connectivity index is 2.66. The third-order valence-corrected chi connectivity index (χ3v) is 1.13. The van der Waals surface area contributed by atoms with Crippen LogP contribution in [0.15, 0.2) is 17.4 Å². The topological polar surface area (TPSA) is 69.6 Å². The Hall–Kier alpha value is -1.16.